The summed E-state index contributed by atoms with van der Waals surface area (Å²) in [6.07, 6.45) is 5.27. The van der Waals surface area contributed by atoms with Crippen molar-refractivity contribution in [2.45, 2.75) is 45.1 Å². The maximum absolute atomic E-state index is 11.7. The molecule has 0 saturated carbocycles. The molecule has 1 saturated heterocycles. The Morgan fingerprint density at radius 3 is 2.85 bits per heavy atom. The molecule has 1 aliphatic heterocycles. The zero-order valence-electron chi connectivity index (χ0n) is 12.1. The first-order valence-corrected chi connectivity index (χ1v) is 7.34. The number of carbonyl (C=O) groups is 1. The smallest absolute Gasteiger partial charge is 0.220 e. The number of amides is 1. The average Bonchev–Trinajstić information content (AvgIpc) is 2.95. The minimum atomic E-state index is -0.0993. The lowest BCUT2D eigenvalue weighted by molar-refractivity contribution is -0.119. The van der Waals surface area contributed by atoms with Crippen LogP contribution in [0.25, 0.3) is 11.0 Å². The Morgan fingerprint density at radius 1 is 1.35 bits per heavy atom. The van der Waals surface area contributed by atoms with Crippen LogP contribution >= 0.6 is 0 Å². The summed E-state index contributed by atoms with van der Waals surface area (Å²) in [6.45, 7) is 4.42. The van der Waals surface area contributed by atoms with Crippen molar-refractivity contribution in [3.8, 4) is 0 Å². The van der Waals surface area contributed by atoms with Gasteiger partial charge >= 0.3 is 0 Å². The summed E-state index contributed by atoms with van der Waals surface area (Å²) in [5, 5.41) is 4.38. The summed E-state index contributed by atoms with van der Waals surface area (Å²) in [7, 11) is 0. The average molecular weight is 271 g/mol. The SMILES string of the molecule is CC(C)CC1(Cc2coc3ccccc23)CCC(=O)N1. The number of hydrogen-bond acceptors (Lipinski definition) is 2. The number of rotatable bonds is 4. The van der Waals surface area contributed by atoms with Gasteiger partial charge in [0.15, 0.2) is 0 Å². The molecule has 1 aromatic carbocycles. The van der Waals surface area contributed by atoms with E-state index < -0.39 is 0 Å². The van der Waals surface area contributed by atoms with Crippen molar-refractivity contribution in [2.24, 2.45) is 5.92 Å². The van der Waals surface area contributed by atoms with Crippen molar-refractivity contribution in [3.05, 3.63) is 36.1 Å². The maximum Gasteiger partial charge on any atom is 0.220 e. The summed E-state index contributed by atoms with van der Waals surface area (Å²) >= 11 is 0. The quantitative estimate of drug-likeness (QED) is 0.922. The molecule has 106 valence electrons. The summed E-state index contributed by atoms with van der Waals surface area (Å²) in [6, 6.07) is 8.09. The Morgan fingerprint density at radius 2 is 2.15 bits per heavy atom. The second-order valence-corrected chi connectivity index (χ2v) is 6.36. The van der Waals surface area contributed by atoms with Crippen molar-refractivity contribution in [1.29, 1.82) is 0 Å². The lowest BCUT2D eigenvalue weighted by Crippen LogP contribution is -2.44. The standard InChI is InChI=1S/C17H21NO2/c1-12(2)9-17(8-7-16(19)18-17)10-13-11-20-15-6-4-3-5-14(13)15/h3-6,11-12H,7-10H2,1-2H3,(H,18,19). The third kappa shape index (κ3) is 2.45. The number of furan rings is 1. The molecular weight excluding hydrogens is 250 g/mol. The van der Waals surface area contributed by atoms with Crippen LogP contribution in [0.4, 0.5) is 0 Å². The molecule has 0 aliphatic carbocycles. The lowest BCUT2D eigenvalue weighted by Gasteiger charge is -2.31. The Kier molecular flexibility index (Phi) is 3.28. The Hall–Kier alpha value is -1.77. The molecule has 1 fully saturated rings. The fraction of sp³-hybridized carbons (Fsp3) is 0.471. The van der Waals surface area contributed by atoms with Gasteiger partial charge in [-0.3, -0.25) is 4.79 Å². The maximum atomic E-state index is 11.7. The first-order valence-electron chi connectivity index (χ1n) is 7.34. The Labute approximate surface area is 119 Å². The molecular formula is C17H21NO2. The van der Waals surface area contributed by atoms with E-state index >= 15 is 0 Å². The number of hydrogen-bond donors (Lipinski definition) is 1. The van der Waals surface area contributed by atoms with Crippen LogP contribution in [0.15, 0.2) is 34.9 Å². The molecule has 20 heavy (non-hydrogen) atoms. The topological polar surface area (TPSA) is 42.2 Å². The van der Waals surface area contributed by atoms with Crippen LogP contribution in [0.3, 0.4) is 0 Å². The number of para-hydroxylation sites is 1. The largest absolute Gasteiger partial charge is 0.464 e. The van der Waals surface area contributed by atoms with Gasteiger partial charge in [-0.1, -0.05) is 32.0 Å². The normalized spacial score (nSPS) is 22.6. The summed E-state index contributed by atoms with van der Waals surface area (Å²) in [5.74, 6) is 0.741. The second-order valence-electron chi connectivity index (χ2n) is 6.36. The van der Waals surface area contributed by atoms with Gasteiger partial charge in [-0.25, -0.2) is 0 Å². The van der Waals surface area contributed by atoms with Crippen LogP contribution in [0.1, 0.15) is 38.7 Å². The Bertz CT molecular complexity index is 629. The zero-order chi connectivity index (χ0) is 14.2. The van der Waals surface area contributed by atoms with Crippen LogP contribution in [0.5, 0.6) is 0 Å². The first-order chi connectivity index (χ1) is 9.58. The van der Waals surface area contributed by atoms with Crippen molar-refractivity contribution >= 4 is 16.9 Å². The van der Waals surface area contributed by atoms with E-state index in [1.54, 1.807) is 0 Å². The highest BCUT2D eigenvalue weighted by molar-refractivity contribution is 5.82. The van der Waals surface area contributed by atoms with Crippen LogP contribution in [-0.2, 0) is 11.2 Å². The van der Waals surface area contributed by atoms with E-state index in [4.69, 9.17) is 4.42 Å². The summed E-state index contributed by atoms with van der Waals surface area (Å²) in [4.78, 5) is 11.7. The molecule has 0 bridgehead atoms. The van der Waals surface area contributed by atoms with E-state index in [1.165, 1.54) is 5.56 Å². The molecule has 2 heterocycles. The monoisotopic (exact) mass is 271 g/mol. The molecule has 0 radical (unpaired) electrons. The number of nitrogens with one attached hydrogen (secondary N) is 1. The molecule has 1 aromatic heterocycles. The van der Waals surface area contributed by atoms with Gasteiger partial charge in [-0.05, 0) is 31.2 Å². The molecule has 1 N–H and O–H groups in total. The molecule has 3 rings (SSSR count). The van der Waals surface area contributed by atoms with E-state index in [-0.39, 0.29) is 11.4 Å². The number of fused-ring (bicyclic) bond motifs is 1. The van der Waals surface area contributed by atoms with E-state index in [0.717, 1.165) is 30.2 Å². The lowest BCUT2D eigenvalue weighted by atomic mass is 9.82. The molecule has 1 amide bonds. The minimum Gasteiger partial charge on any atom is -0.464 e. The van der Waals surface area contributed by atoms with Gasteiger partial charge in [0, 0.05) is 22.9 Å². The van der Waals surface area contributed by atoms with Gasteiger partial charge in [0.25, 0.3) is 0 Å². The number of benzene rings is 1. The molecule has 1 unspecified atom stereocenters. The predicted molar refractivity (Wildman–Crippen MR) is 79.5 cm³/mol. The third-order valence-corrected chi connectivity index (χ3v) is 4.12. The summed E-state index contributed by atoms with van der Waals surface area (Å²) < 4.78 is 5.62. The highest BCUT2D eigenvalue weighted by Crippen LogP contribution is 2.33. The highest BCUT2D eigenvalue weighted by atomic mass is 16.3. The fourth-order valence-electron chi connectivity index (χ4n) is 3.45. The van der Waals surface area contributed by atoms with Crippen LogP contribution in [0.2, 0.25) is 0 Å². The van der Waals surface area contributed by atoms with E-state index in [0.29, 0.717) is 12.3 Å². The van der Waals surface area contributed by atoms with Gasteiger partial charge in [0.05, 0.1) is 6.26 Å². The van der Waals surface area contributed by atoms with Crippen molar-refractivity contribution < 1.29 is 9.21 Å². The molecule has 3 nitrogen and oxygen atoms in total. The zero-order valence-corrected chi connectivity index (χ0v) is 12.1. The van der Waals surface area contributed by atoms with Gasteiger partial charge in [0.1, 0.15) is 5.58 Å². The minimum absolute atomic E-state index is 0.0993. The van der Waals surface area contributed by atoms with Gasteiger partial charge in [-0.2, -0.15) is 0 Å². The fourth-order valence-corrected chi connectivity index (χ4v) is 3.45. The molecule has 0 spiro atoms. The third-order valence-electron chi connectivity index (χ3n) is 4.12. The van der Waals surface area contributed by atoms with Crippen LogP contribution in [-0.4, -0.2) is 11.4 Å². The van der Waals surface area contributed by atoms with Gasteiger partial charge in [-0.15, -0.1) is 0 Å². The van der Waals surface area contributed by atoms with Crippen molar-refractivity contribution in [1.82, 2.24) is 5.32 Å². The molecule has 1 atom stereocenters. The second kappa shape index (κ2) is 4.97. The summed E-state index contributed by atoms with van der Waals surface area (Å²) in [5.41, 5.74) is 2.02. The van der Waals surface area contributed by atoms with Gasteiger partial charge < -0.3 is 9.73 Å². The van der Waals surface area contributed by atoms with Crippen molar-refractivity contribution in [2.75, 3.05) is 0 Å². The molecule has 2 aromatic rings. The number of carbonyl (C=O) groups excluding carboxylic acids is 1. The van der Waals surface area contributed by atoms with Gasteiger partial charge in [0.2, 0.25) is 5.91 Å². The van der Waals surface area contributed by atoms with E-state index in [9.17, 15) is 4.79 Å². The highest BCUT2D eigenvalue weighted by Gasteiger charge is 2.38. The molecule has 3 heteroatoms. The predicted octanol–water partition coefficient (Wildman–Crippen LogP) is 3.67. The molecule has 1 aliphatic rings. The van der Waals surface area contributed by atoms with E-state index in [2.05, 4.69) is 25.2 Å². The van der Waals surface area contributed by atoms with Crippen LogP contribution < -0.4 is 5.32 Å². The van der Waals surface area contributed by atoms with E-state index in [1.807, 2.05) is 24.5 Å². The Balaban J connectivity index is 1.92. The first kappa shape index (κ1) is 13.2. The van der Waals surface area contributed by atoms with Crippen LogP contribution in [0, 0.1) is 5.92 Å². The van der Waals surface area contributed by atoms with Crippen molar-refractivity contribution in [3.63, 3.8) is 0 Å².